The maximum absolute atomic E-state index is 11.4. The quantitative estimate of drug-likeness (QED) is 0.707. The average molecular weight is 241 g/mol. The molecule has 1 aliphatic rings. The van der Waals surface area contributed by atoms with Crippen LogP contribution in [0.15, 0.2) is 27.5 Å². The summed E-state index contributed by atoms with van der Waals surface area (Å²) in [5.74, 6) is 0.0219. The molecule has 0 spiro atoms. The number of hydrogen-bond acceptors (Lipinski definition) is 3. The number of benzene rings is 1. The fourth-order valence-corrected chi connectivity index (χ4v) is 3.66. The normalized spacial score (nSPS) is 18.1. The number of nitrogens with zero attached hydrogens (tertiary/aromatic N) is 1. The average Bonchev–Trinajstić information content (AvgIpc) is 2.14. The molecule has 0 N–H and O–H groups in total. The molecule has 1 aromatic rings. The molecule has 0 atom stereocenters. The third kappa shape index (κ3) is 1.94. The van der Waals surface area contributed by atoms with Gasteiger partial charge in [-0.05, 0) is 24.8 Å². The van der Waals surface area contributed by atoms with Gasteiger partial charge in [0.05, 0.1) is 11.5 Å². The van der Waals surface area contributed by atoms with Crippen LogP contribution in [0, 0.1) is 0 Å². The number of rotatable bonds is 1. The van der Waals surface area contributed by atoms with Crippen molar-refractivity contribution in [2.24, 2.45) is 4.40 Å². The van der Waals surface area contributed by atoms with E-state index in [0.29, 0.717) is 5.71 Å². The predicted octanol–water partition coefficient (Wildman–Crippen LogP) is 2.06. The van der Waals surface area contributed by atoms with Crippen molar-refractivity contribution in [3.8, 4) is 0 Å². The molecule has 0 aliphatic carbocycles. The molecule has 0 saturated carbocycles. The zero-order chi connectivity index (χ0) is 11.1. The lowest BCUT2D eigenvalue weighted by Gasteiger charge is -2.16. The fourth-order valence-electron chi connectivity index (χ4n) is 1.76. The van der Waals surface area contributed by atoms with Gasteiger partial charge in [-0.15, -0.1) is 11.8 Å². The van der Waals surface area contributed by atoms with E-state index < -0.39 is 10.0 Å². The first-order valence-electron chi connectivity index (χ1n) is 4.49. The van der Waals surface area contributed by atoms with Gasteiger partial charge in [-0.25, -0.2) is 8.42 Å². The smallest absolute Gasteiger partial charge is 0.204 e. The van der Waals surface area contributed by atoms with Crippen molar-refractivity contribution < 1.29 is 8.42 Å². The minimum absolute atomic E-state index is 0.0219. The van der Waals surface area contributed by atoms with Crippen molar-refractivity contribution in [2.75, 3.05) is 6.26 Å². The molecule has 0 saturated heterocycles. The van der Waals surface area contributed by atoms with Gasteiger partial charge in [0, 0.05) is 10.5 Å². The van der Waals surface area contributed by atoms with Crippen molar-refractivity contribution in [1.82, 2.24) is 0 Å². The summed E-state index contributed by atoms with van der Waals surface area (Å²) in [5, 5.41) is 0. The summed E-state index contributed by atoms with van der Waals surface area (Å²) >= 11 is 1.61. The molecular weight excluding hydrogens is 230 g/mol. The Balaban J connectivity index is 2.70. The lowest BCUT2D eigenvalue weighted by molar-refractivity contribution is 0.596. The van der Waals surface area contributed by atoms with E-state index in [4.69, 9.17) is 0 Å². The summed E-state index contributed by atoms with van der Waals surface area (Å²) in [4.78, 5) is 1.09. The van der Waals surface area contributed by atoms with E-state index in [1.54, 1.807) is 18.7 Å². The van der Waals surface area contributed by atoms with Crippen LogP contribution < -0.4 is 0 Å². The van der Waals surface area contributed by atoms with Crippen molar-refractivity contribution in [3.63, 3.8) is 0 Å². The number of hydrogen-bond donors (Lipinski definition) is 0. The van der Waals surface area contributed by atoms with Crippen molar-refractivity contribution in [3.05, 3.63) is 29.3 Å². The summed E-state index contributed by atoms with van der Waals surface area (Å²) in [6, 6.07) is 5.73. The second-order valence-electron chi connectivity index (χ2n) is 3.40. The molecule has 1 aromatic carbocycles. The van der Waals surface area contributed by atoms with Crippen LogP contribution in [0.3, 0.4) is 0 Å². The summed E-state index contributed by atoms with van der Waals surface area (Å²) in [6.07, 6.45) is 1.98. The molecule has 2 rings (SSSR count). The Morgan fingerprint density at radius 2 is 2.13 bits per heavy atom. The van der Waals surface area contributed by atoms with Gasteiger partial charge in [0.1, 0.15) is 0 Å². The molecule has 80 valence electrons. The van der Waals surface area contributed by atoms with Crippen LogP contribution in [0.5, 0.6) is 0 Å². The Morgan fingerprint density at radius 3 is 2.80 bits per heavy atom. The van der Waals surface area contributed by atoms with Crippen LogP contribution in [-0.2, 0) is 15.8 Å². The van der Waals surface area contributed by atoms with Crippen molar-refractivity contribution in [1.29, 1.82) is 0 Å². The Morgan fingerprint density at radius 1 is 1.40 bits per heavy atom. The molecule has 0 aromatic heterocycles. The first kappa shape index (κ1) is 10.7. The summed E-state index contributed by atoms with van der Waals surface area (Å²) in [7, 11) is -3.29. The molecule has 1 heterocycles. The minimum Gasteiger partial charge on any atom is -0.204 e. The molecule has 0 amide bonds. The third-order valence-electron chi connectivity index (χ3n) is 2.31. The Bertz CT molecular complexity index is 532. The molecule has 0 bridgehead atoms. The first-order chi connectivity index (χ1) is 7.03. The second kappa shape index (κ2) is 3.64. The molecule has 1 aliphatic heterocycles. The number of sulfonamides is 1. The van der Waals surface area contributed by atoms with Gasteiger partial charge >= 0.3 is 0 Å². The van der Waals surface area contributed by atoms with Crippen LogP contribution in [-0.4, -0.2) is 20.4 Å². The Hall–Kier alpha value is -0.810. The lowest BCUT2D eigenvalue weighted by atomic mass is 10.1. The van der Waals surface area contributed by atoms with Crippen LogP contribution in [0.25, 0.3) is 0 Å². The van der Waals surface area contributed by atoms with Gasteiger partial charge in [-0.1, -0.05) is 12.1 Å². The number of fused-ring (bicyclic) bond motifs is 1. The maximum atomic E-state index is 11.4. The second-order valence-corrected chi connectivity index (χ2v) is 5.88. The third-order valence-corrected chi connectivity index (χ3v) is 4.32. The van der Waals surface area contributed by atoms with Crippen molar-refractivity contribution in [2.45, 2.75) is 17.6 Å². The molecule has 0 fully saturated rings. The topological polar surface area (TPSA) is 46.5 Å². The van der Waals surface area contributed by atoms with Crippen LogP contribution in [0.2, 0.25) is 0 Å². The largest absolute Gasteiger partial charge is 0.257 e. The summed E-state index contributed by atoms with van der Waals surface area (Å²) in [6.45, 7) is 1.75. The maximum Gasteiger partial charge on any atom is 0.257 e. The lowest BCUT2D eigenvalue weighted by Crippen LogP contribution is -2.15. The molecule has 3 nitrogen and oxygen atoms in total. The van der Waals surface area contributed by atoms with E-state index in [9.17, 15) is 8.42 Å². The standard InChI is InChI=1S/C10H11NO2S2/c1-7-10-8(6-15(12,13)11-7)4-3-5-9(10)14-2/h3-5H,6H2,1-2H3. The predicted molar refractivity (Wildman–Crippen MR) is 63.1 cm³/mol. The van der Waals surface area contributed by atoms with E-state index in [0.717, 1.165) is 16.0 Å². The van der Waals surface area contributed by atoms with E-state index in [2.05, 4.69) is 4.40 Å². The molecular formula is C10H11NO2S2. The highest BCUT2D eigenvalue weighted by Crippen LogP contribution is 2.29. The highest BCUT2D eigenvalue weighted by molar-refractivity contribution is 7.98. The van der Waals surface area contributed by atoms with Gasteiger partial charge in [0.25, 0.3) is 10.0 Å². The SMILES string of the molecule is CSc1cccc2c1C(C)=NS(=O)(=O)C2. The van der Waals surface area contributed by atoms with Gasteiger partial charge in [0.15, 0.2) is 0 Å². The Labute approximate surface area is 93.7 Å². The van der Waals surface area contributed by atoms with Crippen LogP contribution >= 0.6 is 11.8 Å². The number of thioether (sulfide) groups is 1. The van der Waals surface area contributed by atoms with E-state index in [1.807, 2.05) is 24.5 Å². The van der Waals surface area contributed by atoms with Gasteiger partial charge < -0.3 is 0 Å². The van der Waals surface area contributed by atoms with E-state index >= 15 is 0 Å². The minimum atomic E-state index is -3.29. The molecule has 0 unspecified atom stereocenters. The van der Waals surface area contributed by atoms with Gasteiger partial charge in [-0.3, -0.25) is 0 Å². The van der Waals surface area contributed by atoms with Gasteiger partial charge in [0.2, 0.25) is 0 Å². The van der Waals surface area contributed by atoms with E-state index in [1.165, 1.54) is 0 Å². The zero-order valence-corrected chi connectivity index (χ0v) is 10.2. The highest BCUT2D eigenvalue weighted by atomic mass is 32.2. The Kier molecular flexibility index (Phi) is 2.60. The highest BCUT2D eigenvalue weighted by Gasteiger charge is 2.22. The summed E-state index contributed by atoms with van der Waals surface area (Å²) in [5.41, 5.74) is 2.44. The van der Waals surface area contributed by atoms with Crippen LogP contribution in [0.4, 0.5) is 0 Å². The zero-order valence-electron chi connectivity index (χ0n) is 8.52. The van der Waals surface area contributed by atoms with Crippen molar-refractivity contribution >= 4 is 27.5 Å². The molecule has 5 heteroatoms. The molecule has 0 radical (unpaired) electrons. The monoisotopic (exact) mass is 241 g/mol. The summed E-state index contributed by atoms with van der Waals surface area (Å²) < 4.78 is 26.6. The first-order valence-corrected chi connectivity index (χ1v) is 7.32. The molecule has 15 heavy (non-hydrogen) atoms. The van der Waals surface area contributed by atoms with Gasteiger partial charge in [-0.2, -0.15) is 4.40 Å². The van der Waals surface area contributed by atoms with E-state index in [-0.39, 0.29) is 5.75 Å². The van der Waals surface area contributed by atoms with Crippen LogP contribution in [0.1, 0.15) is 18.1 Å². The fraction of sp³-hybridized carbons (Fsp3) is 0.300.